The van der Waals surface area contributed by atoms with E-state index in [0.717, 1.165) is 11.1 Å². The predicted molar refractivity (Wildman–Crippen MR) is 54.9 cm³/mol. The number of hydrogen-bond donors (Lipinski definition) is 1. The summed E-state index contributed by atoms with van der Waals surface area (Å²) in [6.07, 6.45) is 3.46. The Kier molecular flexibility index (Phi) is 2.47. The lowest BCUT2D eigenvalue weighted by Crippen LogP contribution is -2.06. The number of hydrogen-bond acceptors (Lipinski definition) is 5. The fraction of sp³-hybridized carbons (Fsp3) is 0.300. The quantitative estimate of drug-likeness (QED) is 0.801. The summed E-state index contributed by atoms with van der Waals surface area (Å²) in [6, 6.07) is 1.71. The van der Waals surface area contributed by atoms with Crippen LogP contribution in [0.4, 0.5) is 0 Å². The maximum atomic E-state index is 5.63. The van der Waals surface area contributed by atoms with Crippen LogP contribution in [-0.2, 0) is 0 Å². The highest BCUT2D eigenvalue weighted by molar-refractivity contribution is 5.51. The Morgan fingerprint density at radius 3 is 2.80 bits per heavy atom. The highest BCUT2D eigenvalue weighted by atomic mass is 16.5. The monoisotopic (exact) mass is 204 g/mol. The fourth-order valence-corrected chi connectivity index (χ4v) is 1.21. The van der Waals surface area contributed by atoms with E-state index in [-0.39, 0.29) is 6.04 Å². The number of nitrogens with two attached hydrogens (primary N) is 1. The Hall–Kier alpha value is -1.75. The van der Waals surface area contributed by atoms with Gasteiger partial charge >= 0.3 is 0 Å². The van der Waals surface area contributed by atoms with E-state index in [9.17, 15) is 0 Å². The van der Waals surface area contributed by atoms with Gasteiger partial charge in [0.15, 0.2) is 5.82 Å². The summed E-state index contributed by atoms with van der Waals surface area (Å²) in [5, 5.41) is 3.78. The van der Waals surface area contributed by atoms with Gasteiger partial charge in [-0.05, 0) is 25.5 Å². The summed E-state index contributed by atoms with van der Waals surface area (Å²) in [6.45, 7) is 3.77. The average molecular weight is 204 g/mol. The highest BCUT2D eigenvalue weighted by Crippen LogP contribution is 2.18. The van der Waals surface area contributed by atoms with Gasteiger partial charge in [-0.15, -0.1) is 0 Å². The van der Waals surface area contributed by atoms with Gasteiger partial charge < -0.3 is 10.3 Å². The molecule has 0 aliphatic rings. The van der Waals surface area contributed by atoms with Gasteiger partial charge in [0.2, 0.25) is 0 Å². The molecule has 2 aromatic rings. The van der Waals surface area contributed by atoms with Crippen LogP contribution in [0.25, 0.3) is 11.5 Å². The molecule has 5 heteroatoms. The van der Waals surface area contributed by atoms with Gasteiger partial charge in [-0.1, -0.05) is 5.16 Å². The first-order valence-electron chi connectivity index (χ1n) is 4.68. The van der Waals surface area contributed by atoms with Crippen molar-refractivity contribution in [2.45, 2.75) is 19.9 Å². The molecule has 0 amide bonds. The summed E-state index contributed by atoms with van der Waals surface area (Å²) in [7, 11) is 0. The molecular weight excluding hydrogens is 192 g/mol. The molecule has 78 valence electrons. The molecule has 2 N–H and O–H groups in total. The van der Waals surface area contributed by atoms with Gasteiger partial charge in [0, 0.05) is 12.4 Å². The Morgan fingerprint density at radius 2 is 2.20 bits per heavy atom. The molecule has 0 spiro atoms. The predicted octanol–water partition coefficient (Wildman–Crippen LogP) is 1.46. The van der Waals surface area contributed by atoms with Crippen LogP contribution in [0.2, 0.25) is 0 Å². The van der Waals surface area contributed by atoms with Crippen molar-refractivity contribution in [3.63, 3.8) is 0 Å². The number of aromatic nitrogens is 3. The van der Waals surface area contributed by atoms with Crippen LogP contribution in [0, 0.1) is 6.92 Å². The first-order valence-corrected chi connectivity index (χ1v) is 4.68. The van der Waals surface area contributed by atoms with Gasteiger partial charge in [-0.2, -0.15) is 4.98 Å². The third-order valence-corrected chi connectivity index (χ3v) is 1.97. The second-order valence-electron chi connectivity index (χ2n) is 3.50. The molecule has 1 unspecified atom stereocenters. The van der Waals surface area contributed by atoms with E-state index in [4.69, 9.17) is 10.3 Å². The molecule has 2 rings (SSSR count). The lowest BCUT2D eigenvalue weighted by molar-refractivity contribution is 0.418. The Balaban J connectivity index is 2.37. The normalized spacial score (nSPS) is 12.7. The van der Waals surface area contributed by atoms with Crippen molar-refractivity contribution in [1.29, 1.82) is 0 Å². The molecule has 0 aromatic carbocycles. The van der Waals surface area contributed by atoms with E-state index in [2.05, 4.69) is 15.1 Å². The smallest absolute Gasteiger partial charge is 0.259 e. The topological polar surface area (TPSA) is 77.8 Å². The van der Waals surface area contributed by atoms with Crippen molar-refractivity contribution in [2.75, 3.05) is 0 Å². The standard InChI is InChI=1S/C10H12N4O/c1-6-3-8(5-12-4-6)10-13-9(7(2)11)14-15-10/h3-5,7H,11H2,1-2H3. The van der Waals surface area contributed by atoms with Crippen LogP contribution in [0.1, 0.15) is 24.4 Å². The summed E-state index contributed by atoms with van der Waals surface area (Å²) < 4.78 is 5.09. The zero-order chi connectivity index (χ0) is 10.8. The maximum absolute atomic E-state index is 5.63. The molecule has 0 bridgehead atoms. The van der Waals surface area contributed by atoms with Crippen molar-refractivity contribution >= 4 is 0 Å². The van der Waals surface area contributed by atoms with Crippen molar-refractivity contribution in [3.8, 4) is 11.5 Å². The zero-order valence-corrected chi connectivity index (χ0v) is 8.64. The number of aryl methyl sites for hydroxylation is 1. The number of rotatable bonds is 2. The van der Waals surface area contributed by atoms with Crippen LogP contribution in [-0.4, -0.2) is 15.1 Å². The second kappa shape index (κ2) is 3.78. The molecule has 1 atom stereocenters. The molecule has 0 saturated carbocycles. The van der Waals surface area contributed by atoms with E-state index in [0.29, 0.717) is 11.7 Å². The van der Waals surface area contributed by atoms with E-state index in [1.54, 1.807) is 12.4 Å². The van der Waals surface area contributed by atoms with Crippen LogP contribution in [0.15, 0.2) is 23.0 Å². The van der Waals surface area contributed by atoms with E-state index >= 15 is 0 Å². The molecule has 5 nitrogen and oxygen atoms in total. The third kappa shape index (κ3) is 2.02. The highest BCUT2D eigenvalue weighted by Gasteiger charge is 2.11. The average Bonchev–Trinajstić information content (AvgIpc) is 2.66. The SMILES string of the molecule is Cc1cncc(-c2nc(C(C)N)no2)c1. The van der Waals surface area contributed by atoms with Crippen molar-refractivity contribution in [3.05, 3.63) is 29.8 Å². The summed E-state index contributed by atoms with van der Waals surface area (Å²) in [4.78, 5) is 8.23. The van der Waals surface area contributed by atoms with E-state index in [1.165, 1.54) is 0 Å². The van der Waals surface area contributed by atoms with Crippen LogP contribution in [0.5, 0.6) is 0 Å². The largest absolute Gasteiger partial charge is 0.334 e. The summed E-state index contributed by atoms with van der Waals surface area (Å²) >= 11 is 0. The van der Waals surface area contributed by atoms with E-state index < -0.39 is 0 Å². The lowest BCUT2D eigenvalue weighted by Gasteiger charge is -1.95. The molecule has 0 saturated heterocycles. The minimum atomic E-state index is -0.222. The molecular formula is C10H12N4O. The van der Waals surface area contributed by atoms with Crippen LogP contribution >= 0.6 is 0 Å². The molecule has 2 aromatic heterocycles. The molecule has 0 aliphatic carbocycles. The third-order valence-electron chi connectivity index (χ3n) is 1.97. The minimum absolute atomic E-state index is 0.222. The van der Waals surface area contributed by atoms with Crippen molar-refractivity contribution in [2.24, 2.45) is 5.73 Å². The van der Waals surface area contributed by atoms with Crippen molar-refractivity contribution < 1.29 is 4.52 Å². The van der Waals surface area contributed by atoms with Gasteiger partial charge in [0.05, 0.1) is 11.6 Å². The zero-order valence-electron chi connectivity index (χ0n) is 8.64. The summed E-state index contributed by atoms with van der Waals surface area (Å²) in [5.41, 5.74) is 7.50. The molecule has 2 heterocycles. The lowest BCUT2D eigenvalue weighted by atomic mass is 10.2. The summed E-state index contributed by atoms with van der Waals surface area (Å²) in [5.74, 6) is 0.963. The molecule has 0 radical (unpaired) electrons. The van der Waals surface area contributed by atoms with Crippen molar-refractivity contribution in [1.82, 2.24) is 15.1 Å². The second-order valence-corrected chi connectivity index (χ2v) is 3.50. The minimum Gasteiger partial charge on any atom is -0.334 e. The first kappa shape index (κ1) is 9.79. The van der Waals surface area contributed by atoms with Gasteiger partial charge in [0.1, 0.15) is 0 Å². The fourth-order valence-electron chi connectivity index (χ4n) is 1.21. The Labute approximate surface area is 87.3 Å². The first-order chi connectivity index (χ1) is 7.16. The Bertz CT molecular complexity index is 464. The van der Waals surface area contributed by atoms with Gasteiger partial charge in [-0.25, -0.2) is 0 Å². The molecule has 0 aliphatic heterocycles. The number of nitrogens with zero attached hydrogens (tertiary/aromatic N) is 3. The molecule has 0 fully saturated rings. The van der Waals surface area contributed by atoms with E-state index in [1.807, 2.05) is 19.9 Å². The molecule has 15 heavy (non-hydrogen) atoms. The Morgan fingerprint density at radius 1 is 1.40 bits per heavy atom. The number of pyridine rings is 1. The van der Waals surface area contributed by atoms with Gasteiger partial charge in [0.25, 0.3) is 5.89 Å². The van der Waals surface area contributed by atoms with Crippen LogP contribution in [0.3, 0.4) is 0 Å². The van der Waals surface area contributed by atoms with Gasteiger partial charge in [-0.3, -0.25) is 4.98 Å². The van der Waals surface area contributed by atoms with Crippen LogP contribution < -0.4 is 5.73 Å². The maximum Gasteiger partial charge on any atom is 0.259 e.